The standard InChI is InChI=1S/C14H24N2O4S/c1-10(2)13(14(19)20)15-11(17)8-21-9-12(18)16-6-4-3-5-7-16/h10,13H,3-9H2,1-2H3,(H,15,17)(H,19,20)/t13-/m1/s1. The number of thioether (sulfide) groups is 1. The maximum atomic E-state index is 11.9. The number of likely N-dealkylation sites (tertiary alicyclic amines) is 1. The summed E-state index contributed by atoms with van der Waals surface area (Å²) in [7, 11) is 0. The fourth-order valence-electron chi connectivity index (χ4n) is 2.19. The van der Waals surface area contributed by atoms with Gasteiger partial charge in [-0.1, -0.05) is 13.8 Å². The van der Waals surface area contributed by atoms with Crippen LogP contribution in [-0.4, -0.2) is 58.4 Å². The van der Waals surface area contributed by atoms with Crippen molar-refractivity contribution in [2.24, 2.45) is 5.92 Å². The summed E-state index contributed by atoms with van der Waals surface area (Å²) in [4.78, 5) is 36.4. The van der Waals surface area contributed by atoms with Gasteiger partial charge in [-0.2, -0.15) is 0 Å². The van der Waals surface area contributed by atoms with E-state index in [9.17, 15) is 14.4 Å². The number of rotatable bonds is 7. The average Bonchev–Trinajstić information content (AvgIpc) is 2.45. The summed E-state index contributed by atoms with van der Waals surface area (Å²) in [5, 5.41) is 11.5. The smallest absolute Gasteiger partial charge is 0.326 e. The molecule has 120 valence electrons. The van der Waals surface area contributed by atoms with Crippen molar-refractivity contribution in [3.05, 3.63) is 0 Å². The minimum atomic E-state index is -1.03. The quantitative estimate of drug-likeness (QED) is 0.730. The number of carboxylic acid groups (broad SMARTS) is 1. The number of hydrogen-bond acceptors (Lipinski definition) is 4. The molecule has 6 nitrogen and oxygen atoms in total. The first-order chi connectivity index (χ1) is 9.91. The number of nitrogens with zero attached hydrogens (tertiary/aromatic N) is 1. The molecule has 0 aromatic carbocycles. The molecule has 0 radical (unpaired) electrons. The first-order valence-electron chi connectivity index (χ1n) is 7.29. The summed E-state index contributed by atoms with van der Waals surface area (Å²) in [5.41, 5.74) is 0. The lowest BCUT2D eigenvalue weighted by Crippen LogP contribution is -2.45. The maximum Gasteiger partial charge on any atom is 0.326 e. The lowest BCUT2D eigenvalue weighted by Gasteiger charge is -2.26. The molecule has 2 amide bonds. The van der Waals surface area contributed by atoms with E-state index >= 15 is 0 Å². The third kappa shape index (κ3) is 6.37. The second-order valence-electron chi connectivity index (χ2n) is 5.56. The first kappa shape index (κ1) is 17.8. The van der Waals surface area contributed by atoms with E-state index in [4.69, 9.17) is 5.11 Å². The van der Waals surface area contributed by atoms with Crippen molar-refractivity contribution in [3.8, 4) is 0 Å². The number of carbonyl (C=O) groups is 3. The van der Waals surface area contributed by atoms with E-state index in [-0.39, 0.29) is 29.2 Å². The molecule has 0 unspecified atom stereocenters. The molecule has 1 rings (SSSR count). The number of piperidine rings is 1. The van der Waals surface area contributed by atoms with E-state index in [0.29, 0.717) is 0 Å². The zero-order chi connectivity index (χ0) is 15.8. The van der Waals surface area contributed by atoms with Crippen LogP contribution in [0.5, 0.6) is 0 Å². The number of amides is 2. The highest BCUT2D eigenvalue weighted by Gasteiger charge is 2.23. The fourth-order valence-corrected chi connectivity index (χ4v) is 2.92. The fraction of sp³-hybridized carbons (Fsp3) is 0.786. The maximum absolute atomic E-state index is 11.9. The van der Waals surface area contributed by atoms with Crippen LogP contribution in [-0.2, 0) is 14.4 Å². The van der Waals surface area contributed by atoms with Gasteiger partial charge in [0.05, 0.1) is 11.5 Å². The van der Waals surface area contributed by atoms with Gasteiger partial charge in [0.15, 0.2) is 0 Å². The van der Waals surface area contributed by atoms with Crippen LogP contribution in [0.25, 0.3) is 0 Å². The Labute approximate surface area is 129 Å². The zero-order valence-corrected chi connectivity index (χ0v) is 13.4. The Balaban J connectivity index is 2.26. The Hall–Kier alpha value is -1.24. The molecule has 0 aliphatic carbocycles. The summed E-state index contributed by atoms with van der Waals surface area (Å²) < 4.78 is 0. The van der Waals surface area contributed by atoms with Crippen molar-refractivity contribution in [1.82, 2.24) is 10.2 Å². The Bertz CT molecular complexity index is 381. The van der Waals surface area contributed by atoms with E-state index in [1.165, 1.54) is 18.2 Å². The highest BCUT2D eigenvalue weighted by Crippen LogP contribution is 2.11. The zero-order valence-electron chi connectivity index (χ0n) is 12.6. The second kappa shape index (κ2) is 8.92. The van der Waals surface area contributed by atoms with Gasteiger partial charge < -0.3 is 15.3 Å². The van der Waals surface area contributed by atoms with Gasteiger partial charge in [-0.3, -0.25) is 9.59 Å². The average molecular weight is 316 g/mol. The summed E-state index contributed by atoms with van der Waals surface area (Å²) in [6.45, 7) is 5.10. The molecule has 0 aromatic rings. The Morgan fingerprint density at radius 2 is 1.76 bits per heavy atom. The van der Waals surface area contributed by atoms with Crippen LogP contribution in [0.3, 0.4) is 0 Å². The van der Waals surface area contributed by atoms with Crippen molar-refractivity contribution < 1.29 is 19.5 Å². The summed E-state index contributed by atoms with van der Waals surface area (Å²) in [6, 6.07) is -0.879. The lowest BCUT2D eigenvalue weighted by molar-refractivity contribution is -0.142. The van der Waals surface area contributed by atoms with E-state index in [1.54, 1.807) is 13.8 Å². The molecular weight excluding hydrogens is 292 g/mol. The molecule has 1 saturated heterocycles. The minimum Gasteiger partial charge on any atom is -0.480 e. The molecule has 0 aromatic heterocycles. The van der Waals surface area contributed by atoms with Crippen LogP contribution in [0.15, 0.2) is 0 Å². The molecule has 2 N–H and O–H groups in total. The van der Waals surface area contributed by atoms with Gasteiger partial charge in [0.25, 0.3) is 0 Å². The minimum absolute atomic E-state index is 0.0612. The van der Waals surface area contributed by atoms with Gasteiger partial charge in [0.2, 0.25) is 11.8 Å². The van der Waals surface area contributed by atoms with E-state index in [0.717, 1.165) is 25.9 Å². The molecule has 0 bridgehead atoms. The third-order valence-electron chi connectivity index (χ3n) is 3.42. The molecule has 0 saturated carbocycles. The number of hydrogen-bond donors (Lipinski definition) is 2. The van der Waals surface area contributed by atoms with Crippen LogP contribution >= 0.6 is 11.8 Å². The van der Waals surface area contributed by atoms with Crippen molar-refractivity contribution >= 4 is 29.5 Å². The highest BCUT2D eigenvalue weighted by atomic mass is 32.2. The van der Waals surface area contributed by atoms with Gasteiger partial charge in [-0.15, -0.1) is 11.8 Å². The Kier molecular flexibility index (Phi) is 7.56. The first-order valence-corrected chi connectivity index (χ1v) is 8.45. The van der Waals surface area contributed by atoms with Crippen molar-refractivity contribution in [2.75, 3.05) is 24.6 Å². The van der Waals surface area contributed by atoms with Gasteiger partial charge in [-0.05, 0) is 25.2 Å². The van der Waals surface area contributed by atoms with Gasteiger partial charge in [-0.25, -0.2) is 4.79 Å². The number of nitrogens with one attached hydrogen (secondary N) is 1. The summed E-state index contributed by atoms with van der Waals surface area (Å²) >= 11 is 1.23. The largest absolute Gasteiger partial charge is 0.480 e. The molecule has 21 heavy (non-hydrogen) atoms. The third-order valence-corrected chi connectivity index (χ3v) is 4.33. The van der Waals surface area contributed by atoms with E-state index in [2.05, 4.69) is 5.32 Å². The van der Waals surface area contributed by atoms with Crippen LogP contribution in [0.2, 0.25) is 0 Å². The van der Waals surface area contributed by atoms with Crippen molar-refractivity contribution in [1.29, 1.82) is 0 Å². The van der Waals surface area contributed by atoms with Crippen LogP contribution in [0.4, 0.5) is 0 Å². The number of aliphatic carboxylic acids is 1. The Morgan fingerprint density at radius 1 is 1.14 bits per heavy atom. The second-order valence-corrected chi connectivity index (χ2v) is 6.55. The van der Waals surface area contributed by atoms with E-state index < -0.39 is 12.0 Å². The van der Waals surface area contributed by atoms with Crippen LogP contribution < -0.4 is 5.32 Å². The molecule has 1 atom stereocenters. The molecule has 1 aliphatic heterocycles. The predicted octanol–water partition coefficient (Wildman–Crippen LogP) is 0.957. The molecule has 0 spiro atoms. The van der Waals surface area contributed by atoms with Crippen LogP contribution in [0.1, 0.15) is 33.1 Å². The summed E-state index contributed by atoms with van der Waals surface area (Å²) in [6.07, 6.45) is 3.27. The van der Waals surface area contributed by atoms with Gasteiger partial charge in [0.1, 0.15) is 6.04 Å². The van der Waals surface area contributed by atoms with Crippen LogP contribution in [0, 0.1) is 5.92 Å². The number of carboxylic acids is 1. The molecule has 1 heterocycles. The molecular formula is C14H24N2O4S. The SMILES string of the molecule is CC(C)[C@@H](NC(=O)CSCC(=O)N1CCCCC1)C(=O)O. The highest BCUT2D eigenvalue weighted by molar-refractivity contribution is 8.00. The summed E-state index contributed by atoms with van der Waals surface area (Å²) in [5.74, 6) is -1.11. The predicted molar refractivity (Wildman–Crippen MR) is 82.2 cm³/mol. The monoisotopic (exact) mass is 316 g/mol. The number of carbonyl (C=O) groups excluding carboxylic acids is 2. The van der Waals surface area contributed by atoms with Gasteiger partial charge in [0, 0.05) is 13.1 Å². The lowest BCUT2D eigenvalue weighted by atomic mass is 10.1. The normalized spacial score (nSPS) is 16.6. The van der Waals surface area contributed by atoms with Gasteiger partial charge >= 0.3 is 5.97 Å². The molecule has 7 heteroatoms. The van der Waals surface area contributed by atoms with E-state index in [1.807, 2.05) is 4.90 Å². The van der Waals surface area contributed by atoms with Crippen molar-refractivity contribution in [3.63, 3.8) is 0 Å². The Morgan fingerprint density at radius 3 is 2.29 bits per heavy atom. The topological polar surface area (TPSA) is 86.7 Å². The molecule has 1 aliphatic rings. The van der Waals surface area contributed by atoms with Crippen molar-refractivity contribution in [2.45, 2.75) is 39.2 Å². The molecule has 1 fully saturated rings.